The number of rotatable bonds is 10. The first-order valence-corrected chi connectivity index (χ1v) is 9.59. The SMILES string of the molecule is CCCN(CC)CCN=C(NCC)NCCc1nc(C)c(C)s1. The van der Waals surface area contributed by atoms with Crippen molar-refractivity contribution in [3.63, 3.8) is 0 Å². The van der Waals surface area contributed by atoms with E-state index in [4.69, 9.17) is 0 Å². The highest BCUT2D eigenvalue weighted by molar-refractivity contribution is 7.11. The van der Waals surface area contributed by atoms with Crippen LogP contribution in [0.1, 0.15) is 42.8 Å². The molecule has 1 aromatic rings. The third kappa shape index (κ3) is 7.79. The van der Waals surface area contributed by atoms with Crippen molar-refractivity contribution >= 4 is 17.3 Å². The van der Waals surface area contributed by atoms with E-state index in [1.807, 2.05) is 0 Å². The molecule has 0 amide bonds. The molecule has 0 radical (unpaired) electrons. The molecule has 0 unspecified atom stereocenters. The number of nitrogens with one attached hydrogen (secondary N) is 2. The van der Waals surface area contributed by atoms with Gasteiger partial charge in [-0.3, -0.25) is 4.99 Å². The van der Waals surface area contributed by atoms with Crippen LogP contribution in [0, 0.1) is 13.8 Å². The largest absolute Gasteiger partial charge is 0.357 e. The second-order valence-electron chi connectivity index (χ2n) is 5.62. The Bertz CT molecular complexity index is 450. The molecule has 1 aromatic heterocycles. The average molecular weight is 340 g/mol. The van der Waals surface area contributed by atoms with Crippen molar-refractivity contribution in [1.29, 1.82) is 0 Å². The minimum Gasteiger partial charge on any atom is -0.357 e. The first kappa shape index (κ1) is 19.9. The third-order valence-corrected chi connectivity index (χ3v) is 4.85. The van der Waals surface area contributed by atoms with Gasteiger partial charge in [-0.2, -0.15) is 0 Å². The van der Waals surface area contributed by atoms with Crippen molar-refractivity contribution in [2.75, 3.05) is 39.3 Å². The van der Waals surface area contributed by atoms with E-state index in [1.54, 1.807) is 11.3 Å². The Kier molecular flexibility index (Phi) is 9.87. The minimum atomic E-state index is 0.832. The summed E-state index contributed by atoms with van der Waals surface area (Å²) in [5.74, 6) is 0.907. The molecule has 2 N–H and O–H groups in total. The number of aryl methyl sites for hydroxylation is 2. The monoisotopic (exact) mass is 339 g/mol. The van der Waals surface area contributed by atoms with E-state index in [-0.39, 0.29) is 0 Å². The molecule has 0 aliphatic heterocycles. The zero-order valence-corrected chi connectivity index (χ0v) is 16.2. The molecule has 0 atom stereocenters. The first-order valence-electron chi connectivity index (χ1n) is 8.78. The van der Waals surface area contributed by atoms with Crippen molar-refractivity contribution < 1.29 is 0 Å². The number of thiazole rings is 1. The molecule has 0 spiro atoms. The summed E-state index contributed by atoms with van der Waals surface area (Å²) in [6.45, 7) is 16.6. The van der Waals surface area contributed by atoms with Gasteiger partial charge < -0.3 is 15.5 Å². The lowest BCUT2D eigenvalue weighted by Crippen LogP contribution is -2.39. The number of aliphatic imine (C=N–C) groups is 1. The summed E-state index contributed by atoms with van der Waals surface area (Å²) in [6, 6.07) is 0. The lowest BCUT2D eigenvalue weighted by molar-refractivity contribution is 0.297. The van der Waals surface area contributed by atoms with Crippen LogP contribution in [-0.2, 0) is 6.42 Å². The van der Waals surface area contributed by atoms with Gasteiger partial charge in [0.1, 0.15) is 0 Å². The average Bonchev–Trinajstić information content (AvgIpc) is 2.84. The van der Waals surface area contributed by atoms with E-state index in [2.05, 4.69) is 60.1 Å². The van der Waals surface area contributed by atoms with Gasteiger partial charge in [-0.1, -0.05) is 13.8 Å². The molecule has 0 saturated heterocycles. The lowest BCUT2D eigenvalue weighted by atomic mass is 10.4. The quantitative estimate of drug-likeness (QED) is 0.508. The Morgan fingerprint density at radius 3 is 2.52 bits per heavy atom. The summed E-state index contributed by atoms with van der Waals surface area (Å²) in [5.41, 5.74) is 1.15. The Morgan fingerprint density at radius 2 is 1.96 bits per heavy atom. The molecule has 1 rings (SSSR count). The highest BCUT2D eigenvalue weighted by atomic mass is 32.1. The Hall–Kier alpha value is -1.14. The van der Waals surface area contributed by atoms with Gasteiger partial charge in [-0.05, 0) is 40.3 Å². The zero-order valence-electron chi connectivity index (χ0n) is 15.4. The maximum absolute atomic E-state index is 4.67. The topological polar surface area (TPSA) is 52.5 Å². The molecule has 0 fully saturated rings. The maximum atomic E-state index is 4.67. The van der Waals surface area contributed by atoms with Crippen molar-refractivity contribution in [2.24, 2.45) is 4.99 Å². The Balaban J connectivity index is 2.39. The van der Waals surface area contributed by atoms with Crippen LogP contribution < -0.4 is 10.6 Å². The fourth-order valence-corrected chi connectivity index (χ4v) is 3.26. The highest BCUT2D eigenvalue weighted by Gasteiger charge is 2.04. The Morgan fingerprint density at radius 1 is 1.17 bits per heavy atom. The van der Waals surface area contributed by atoms with Crippen molar-refractivity contribution in [2.45, 2.75) is 47.5 Å². The van der Waals surface area contributed by atoms with Crippen molar-refractivity contribution in [3.8, 4) is 0 Å². The maximum Gasteiger partial charge on any atom is 0.191 e. The zero-order chi connectivity index (χ0) is 17.1. The molecule has 1 heterocycles. The van der Waals surface area contributed by atoms with Crippen LogP contribution in [-0.4, -0.2) is 55.1 Å². The number of nitrogens with zero attached hydrogens (tertiary/aromatic N) is 3. The van der Waals surface area contributed by atoms with Crippen LogP contribution >= 0.6 is 11.3 Å². The van der Waals surface area contributed by atoms with Crippen LogP contribution in [0.3, 0.4) is 0 Å². The van der Waals surface area contributed by atoms with Crippen molar-refractivity contribution in [1.82, 2.24) is 20.5 Å². The normalized spacial score (nSPS) is 12.0. The van der Waals surface area contributed by atoms with Gasteiger partial charge in [0, 0.05) is 30.9 Å². The van der Waals surface area contributed by atoms with E-state index in [0.717, 1.165) is 57.3 Å². The van der Waals surface area contributed by atoms with Crippen LogP contribution in [0.4, 0.5) is 0 Å². The molecular weight excluding hydrogens is 306 g/mol. The van der Waals surface area contributed by atoms with Crippen molar-refractivity contribution in [3.05, 3.63) is 15.6 Å². The summed E-state index contributed by atoms with van der Waals surface area (Å²) in [4.78, 5) is 13.0. The van der Waals surface area contributed by atoms with Crippen LogP contribution in [0.2, 0.25) is 0 Å². The summed E-state index contributed by atoms with van der Waals surface area (Å²) in [5, 5.41) is 7.92. The Labute approximate surface area is 145 Å². The molecule has 132 valence electrons. The molecule has 0 aliphatic carbocycles. The molecular formula is C17H33N5S. The predicted octanol–water partition coefficient (Wildman–Crippen LogP) is 2.59. The fourth-order valence-electron chi connectivity index (χ4n) is 2.32. The number of hydrogen-bond acceptors (Lipinski definition) is 4. The van der Waals surface area contributed by atoms with Crippen LogP contribution in [0.5, 0.6) is 0 Å². The second kappa shape index (κ2) is 11.4. The summed E-state index contributed by atoms with van der Waals surface area (Å²) < 4.78 is 0. The molecule has 5 nitrogen and oxygen atoms in total. The molecule has 0 bridgehead atoms. The van der Waals surface area contributed by atoms with E-state index in [0.29, 0.717) is 0 Å². The molecule has 6 heteroatoms. The molecule has 0 saturated carbocycles. The minimum absolute atomic E-state index is 0.832. The number of guanidine groups is 1. The predicted molar refractivity (Wildman–Crippen MR) is 102 cm³/mol. The molecule has 23 heavy (non-hydrogen) atoms. The second-order valence-corrected chi connectivity index (χ2v) is 6.91. The van der Waals surface area contributed by atoms with E-state index >= 15 is 0 Å². The van der Waals surface area contributed by atoms with E-state index in [9.17, 15) is 0 Å². The third-order valence-electron chi connectivity index (χ3n) is 3.72. The van der Waals surface area contributed by atoms with Crippen LogP contribution in [0.25, 0.3) is 0 Å². The fraction of sp³-hybridized carbons (Fsp3) is 0.765. The molecule has 0 aliphatic rings. The van der Waals surface area contributed by atoms with Crippen LogP contribution in [0.15, 0.2) is 4.99 Å². The lowest BCUT2D eigenvalue weighted by Gasteiger charge is -2.18. The van der Waals surface area contributed by atoms with Gasteiger partial charge in [-0.15, -0.1) is 11.3 Å². The van der Waals surface area contributed by atoms with Gasteiger partial charge in [0.2, 0.25) is 0 Å². The standard InChI is InChI=1S/C17H33N5S/c1-6-12-22(8-3)13-11-20-17(18-7-2)19-10-9-16-21-14(4)15(5)23-16/h6-13H2,1-5H3,(H2,18,19,20). The van der Waals surface area contributed by atoms with Gasteiger partial charge in [0.25, 0.3) is 0 Å². The van der Waals surface area contributed by atoms with E-state index in [1.165, 1.54) is 16.3 Å². The smallest absolute Gasteiger partial charge is 0.191 e. The van der Waals surface area contributed by atoms with Gasteiger partial charge in [0.05, 0.1) is 17.2 Å². The number of hydrogen-bond donors (Lipinski definition) is 2. The highest BCUT2D eigenvalue weighted by Crippen LogP contribution is 2.16. The van der Waals surface area contributed by atoms with Gasteiger partial charge in [0.15, 0.2) is 5.96 Å². The summed E-state index contributed by atoms with van der Waals surface area (Å²) in [7, 11) is 0. The first-order chi connectivity index (χ1) is 11.1. The van der Waals surface area contributed by atoms with Gasteiger partial charge in [-0.25, -0.2) is 4.98 Å². The molecule has 0 aromatic carbocycles. The number of aromatic nitrogens is 1. The summed E-state index contributed by atoms with van der Waals surface area (Å²) in [6.07, 6.45) is 2.14. The summed E-state index contributed by atoms with van der Waals surface area (Å²) >= 11 is 1.79. The van der Waals surface area contributed by atoms with Gasteiger partial charge >= 0.3 is 0 Å². The number of likely N-dealkylation sites (N-methyl/N-ethyl adjacent to an activating group) is 1. The van der Waals surface area contributed by atoms with E-state index < -0.39 is 0 Å².